The zero-order valence-electron chi connectivity index (χ0n) is 2.34. The molecule has 0 aliphatic carbocycles. The second kappa shape index (κ2) is 30.7. The van der Waals surface area contributed by atoms with Gasteiger partial charge in [-0.25, -0.2) is 0 Å². The van der Waals surface area contributed by atoms with Crippen molar-refractivity contribution in [1.29, 1.82) is 0 Å². The maximum absolute atomic E-state index is 0. The first-order valence-electron chi connectivity index (χ1n) is 0. The van der Waals surface area contributed by atoms with Gasteiger partial charge in [0.1, 0.15) is 0 Å². The minimum atomic E-state index is 0. The van der Waals surface area contributed by atoms with Gasteiger partial charge in [-0.15, -0.1) is 95.9 Å². The van der Waals surface area contributed by atoms with Gasteiger partial charge in [0, 0.05) is 27.7 Å². The molecular formula is H5CsHgI4. The summed E-state index contributed by atoms with van der Waals surface area (Å²) in [5.41, 5.74) is 0. The van der Waals surface area contributed by atoms with Crippen molar-refractivity contribution in [3.05, 3.63) is 0 Å². The van der Waals surface area contributed by atoms with Crippen LogP contribution in [0, 0.1) is 0 Å². The molecule has 6 heavy (non-hydrogen) atoms. The largest absolute Gasteiger partial charge is 0 e. The van der Waals surface area contributed by atoms with E-state index in [-0.39, 0.29) is 192 Å². The monoisotopic (exact) mass is 848 g/mol. The van der Waals surface area contributed by atoms with Crippen molar-refractivity contribution in [3.63, 3.8) is 0 Å². The zero-order valence-corrected chi connectivity index (χ0v) is 17.2. The summed E-state index contributed by atoms with van der Waals surface area (Å²) in [5.74, 6) is 0. The Bertz CT molecular complexity index is 7.51. The summed E-state index contributed by atoms with van der Waals surface area (Å²) < 4.78 is 0. The topological polar surface area (TPSA) is 0 Å². The summed E-state index contributed by atoms with van der Waals surface area (Å²) >= 11 is 0. The van der Waals surface area contributed by atoms with Gasteiger partial charge in [-0.3, -0.25) is 0 Å². The summed E-state index contributed by atoms with van der Waals surface area (Å²) in [6.45, 7) is 0. The first-order chi connectivity index (χ1) is 0. The van der Waals surface area contributed by atoms with Crippen LogP contribution in [0.15, 0.2) is 0 Å². The molecule has 0 fully saturated rings. The molecule has 36 valence electrons. The molecule has 0 saturated heterocycles. The fourth-order valence-electron chi connectivity index (χ4n) is 0. The van der Waals surface area contributed by atoms with E-state index in [2.05, 4.69) is 0 Å². The van der Waals surface area contributed by atoms with E-state index in [0.717, 1.165) is 0 Å². The molecule has 0 rings (SSSR count). The Labute approximate surface area is 186 Å². The van der Waals surface area contributed by atoms with Gasteiger partial charge in [-0.05, 0) is 0 Å². The molecule has 0 heterocycles. The predicted molar refractivity (Wildman–Crippen MR) is 68.8 cm³/mol. The molecular weight excluding hydrogens is 841 g/mol. The van der Waals surface area contributed by atoms with Crippen LogP contribution in [0.3, 0.4) is 0 Å². The number of hydrogen-bond acceptors (Lipinski definition) is 0. The molecule has 0 aromatic heterocycles. The summed E-state index contributed by atoms with van der Waals surface area (Å²) in [6, 6.07) is 0. The molecule has 0 bridgehead atoms. The summed E-state index contributed by atoms with van der Waals surface area (Å²) in [6.07, 6.45) is 0. The average Bonchev–Trinajstić information content (AvgIpc) is 0. The Balaban J connectivity index is 0. The van der Waals surface area contributed by atoms with Crippen LogP contribution in [0.25, 0.3) is 0 Å². The van der Waals surface area contributed by atoms with Crippen LogP contribution in [0.5, 0.6) is 0 Å². The molecule has 0 nitrogen and oxygen atoms in total. The van der Waals surface area contributed by atoms with Gasteiger partial charge >= 0.3 is 68.9 Å². The third kappa shape index (κ3) is 22.5. The molecule has 0 saturated carbocycles. The van der Waals surface area contributed by atoms with E-state index < -0.39 is 0 Å². The summed E-state index contributed by atoms with van der Waals surface area (Å²) in [4.78, 5) is 0. The van der Waals surface area contributed by atoms with E-state index >= 15 is 0 Å². The molecule has 0 unspecified atom stereocenters. The fourth-order valence-corrected chi connectivity index (χ4v) is 0. The minimum Gasteiger partial charge on any atom is 0 e. The van der Waals surface area contributed by atoms with E-state index in [1.165, 1.54) is 0 Å². The molecule has 6 heteroatoms. The minimum absolute atomic E-state index is 0. The number of halogens is 4. The van der Waals surface area contributed by atoms with Gasteiger partial charge < -0.3 is 0 Å². The molecule has 0 N–H and O–H groups in total. The molecule has 0 aromatic carbocycles. The van der Waals surface area contributed by atoms with Gasteiger partial charge in [0.05, 0.1) is 0 Å². The maximum atomic E-state index is 0. The second-order valence-electron chi connectivity index (χ2n) is 0. The van der Waals surface area contributed by atoms with Gasteiger partial charge in [0.25, 0.3) is 0 Å². The standard InChI is InChI=1S/Cs.Hg.4HI.H/h;;4*1H;. The molecule has 0 aromatic rings. The van der Waals surface area contributed by atoms with Gasteiger partial charge in [0.15, 0.2) is 0 Å². The molecule has 0 atom stereocenters. The molecule has 0 amide bonds. The molecule has 0 aliphatic heterocycles. The Morgan fingerprint density at radius 1 is 0.500 bits per heavy atom. The van der Waals surface area contributed by atoms with E-state index in [1.807, 2.05) is 0 Å². The van der Waals surface area contributed by atoms with Crippen LogP contribution in [-0.4, -0.2) is 68.9 Å². The smallest absolute Gasteiger partial charge is 0 e. The third-order valence-electron chi connectivity index (χ3n) is 0. The van der Waals surface area contributed by atoms with E-state index in [9.17, 15) is 0 Å². The first kappa shape index (κ1) is 40.6. The van der Waals surface area contributed by atoms with Crippen LogP contribution in [0.4, 0.5) is 0 Å². The zero-order chi connectivity index (χ0) is 0. The Hall–Kier alpha value is 5.91. The Morgan fingerprint density at radius 3 is 0.500 bits per heavy atom. The van der Waals surface area contributed by atoms with Gasteiger partial charge in [0.2, 0.25) is 0 Å². The molecule has 0 radical (unpaired) electrons. The van der Waals surface area contributed by atoms with E-state index in [1.54, 1.807) is 0 Å². The molecule has 0 spiro atoms. The van der Waals surface area contributed by atoms with Crippen LogP contribution in [0.1, 0.15) is 0 Å². The predicted octanol–water partition coefficient (Wildman–Crippen LogP) is 1.82. The van der Waals surface area contributed by atoms with Crippen molar-refractivity contribution in [2.24, 2.45) is 0 Å². The second-order valence-corrected chi connectivity index (χ2v) is 0. The number of rotatable bonds is 0. The Morgan fingerprint density at radius 2 is 0.500 bits per heavy atom. The quantitative estimate of drug-likeness (QED) is 0.258. The van der Waals surface area contributed by atoms with Crippen LogP contribution in [0.2, 0.25) is 0 Å². The fraction of sp³-hybridized carbons (Fsp3) is 0. The Kier molecular flexibility index (Phi) is 208. The van der Waals surface area contributed by atoms with E-state index in [0.29, 0.717) is 0 Å². The van der Waals surface area contributed by atoms with Crippen LogP contribution in [-0.2, 0) is 27.7 Å². The summed E-state index contributed by atoms with van der Waals surface area (Å²) in [5, 5.41) is 0. The van der Waals surface area contributed by atoms with Crippen molar-refractivity contribution in [1.82, 2.24) is 0 Å². The third-order valence-corrected chi connectivity index (χ3v) is 0. The van der Waals surface area contributed by atoms with Crippen molar-refractivity contribution in [2.75, 3.05) is 0 Å². The normalized spacial score (nSPS) is 0. The van der Waals surface area contributed by atoms with Crippen molar-refractivity contribution < 1.29 is 27.7 Å². The SMILES string of the molecule is I.I.I.I.[CsH].[Hg]. The van der Waals surface area contributed by atoms with Gasteiger partial charge in [-0.2, -0.15) is 0 Å². The summed E-state index contributed by atoms with van der Waals surface area (Å²) in [7, 11) is 0. The molecule has 0 aliphatic rings. The van der Waals surface area contributed by atoms with E-state index in [4.69, 9.17) is 0 Å². The van der Waals surface area contributed by atoms with Crippen molar-refractivity contribution >= 4 is 165 Å². The van der Waals surface area contributed by atoms with Gasteiger partial charge in [-0.1, -0.05) is 0 Å². The van der Waals surface area contributed by atoms with Crippen LogP contribution >= 0.6 is 95.9 Å². The average molecular weight is 846 g/mol. The van der Waals surface area contributed by atoms with Crippen molar-refractivity contribution in [2.45, 2.75) is 0 Å². The maximum Gasteiger partial charge on any atom is 0 e. The first-order valence-corrected chi connectivity index (χ1v) is 0. The van der Waals surface area contributed by atoms with Crippen molar-refractivity contribution in [3.8, 4) is 0 Å². The number of hydrogen-bond donors (Lipinski definition) is 0. The van der Waals surface area contributed by atoms with Crippen LogP contribution < -0.4 is 0 Å².